The Morgan fingerprint density at radius 2 is 2.14 bits per heavy atom. The summed E-state index contributed by atoms with van der Waals surface area (Å²) in [7, 11) is 1.74. The van der Waals surface area contributed by atoms with Crippen LogP contribution in [0.15, 0.2) is 12.4 Å². The topological polar surface area (TPSA) is 52.0 Å². The van der Waals surface area contributed by atoms with Gasteiger partial charge in [0.05, 0.1) is 18.2 Å². The molecule has 0 bridgehead atoms. The van der Waals surface area contributed by atoms with Gasteiger partial charge in [-0.3, -0.25) is 14.3 Å². The van der Waals surface area contributed by atoms with Gasteiger partial charge >= 0.3 is 0 Å². The summed E-state index contributed by atoms with van der Waals surface area (Å²) in [5.74, 6) is -0.272. The van der Waals surface area contributed by atoms with Crippen LogP contribution in [0.1, 0.15) is 30.6 Å². The van der Waals surface area contributed by atoms with Crippen molar-refractivity contribution < 1.29 is 9.59 Å². The van der Waals surface area contributed by atoms with E-state index in [2.05, 4.69) is 5.10 Å². The summed E-state index contributed by atoms with van der Waals surface area (Å²) in [5, 5.41) is 3.87. The maximum atomic E-state index is 11.5. The van der Waals surface area contributed by atoms with Gasteiger partial charge in [0.1, 0.15) is 5.78 Å². The monoisotopic (exact) mass is 194 g/mol. The smallest absolute Gasteiger partial charge is 0.173 e. The summed E-state index contributed by atoms with van der Waals surface area (Å²) >= 11 is 0. The third-order valence-electron chi connectivity index (χ3n) is 2.01. The van der Waals surface area contributed by atoms with Crippen molar-refractivity contribution in [2.24, 2.45) is 13.0 Å². The van der Waals surface area contributed by atoms with E-state index >= 15 is 0 Å². The van der Waals surface area contributed by atoms with Crippen molar-refractivity contribution >= 4 is 11.6 Å². The van der Waals surface area contributed by atoms with E-state index in [9.17, 15) is 9.59 Å². The Kier molecular flexibility index (Phi) is 3.17. The Labute approximate surface area is 82.9 Å². The van der Waals surface area contributed by atoms with Crippen LogP contribution < -0.4 is 0 Å². The first-order chi connectivity index (χ1) is 6.50. The van der Waals surface area contributed by atoms with E-state index in [1.807, 2.05) is 0 Å². The summed E-state index contributed by atoms with van der Waals surface area (Å²) in [6.45, 7) is 3.58. The lowest BCUT2D eigenvalue weighted by molar-refractivity contribution is -0.121. The summed E-state index contributed by atoms with van der Waals surface area (Å²) in [5.41, 5.74) is 0.501. The molecule has 0 amide bonds. The minimum atomic E-state index is -0.156. The second-order valence-corrected chi connectivity index (χ2v) is 3.62. The highest BCUT2D eigenvalue weighted by Gasteiger charge is 2.15. The number of ketones is 2. The molecular formula is C10H14N2O2. The minimum absolute atomic E-state index is 0.0244. The third kappa shape index (κ3) is 2.52. The second-order valence-electron chi connectivity index (χ2n) is 3.62. The number of aryl methyl sites for hydroxylation is 1. The molecule has 0 aliphatic heterocycles. The van der Waals surface area contributed by atoms with Crippen molar-refractivity contribution in [3.05, 3.63) is 18.0 Å². The maximum absolute atomic E-state index is 11.5. The first-order valence-corrected chi connectivity index (χ1v) is 4.55. The first-order valence-electron chi connectivity index (χ1n) is 4.55. The molecule has 0 atom stereocenters. The first kappa shape index (κ1) is 10.6. The van der Waals surface area contributed by atoms with Crippen LogP contribution in [0.5, 0.6) is 0 Å². The fourth-order valence-electron chi connectivity index (χ4n) is 1.03. The summed E-state index contributed by atoms with van der Waals surface area (Å²) in [6, 6.07) is 0. The predicted molar refractivity (Wildman–Crippen MR) is 52.0 cm³/mol. The standard InChI is InChI=1S/C10H14N2O2/c1-7(2)9(13)4-10(14)8-5-11-12(3)6-8/h5-7H,4H2,1-3H3. The Morgan fingerprint density at radius 1 is 1.50 bits per heavy atom. The summed E-state index contributed by atoms with van der Waals surface area (Å²) < 4.78 is 1.55. The van der Waals surface area contributed by atoms with Crippen LogP contribution in [0.4, 0.5) is 0 Å². The average molecular weight is 194 g/mol. The van der Waals surface area contributed by atoms with Crippen LogP contribution >= 0.6 is 0 Å². The van der Waals surface area contributed by atoms with E-state index in [-0.39, 0.29) is 23.9 Å². The van der Waals surface area contributed by atoms with E-state index in [0.717, 1.165) is 0 Å². The van der Waals surface area contributed by atoms with Gasteiger partial charge in [-0.25, -0.2) is 0 Å². The molecule has 0 saturated carbocycles. The fourth-order valence-corrected chi connectivity index (χ4v) is 1.03. The molecule has 4 nitrogen and oxygen atoms in total. The highest BCUT2D eigenvalue weighted by Crippen LogP contribution is 2.06. The van der Waals surface area contributed by atoms with Crippen molar-refractivity contribution in [1.29, 1.82) is 0 Å². The Balaban J connectivity index is 2.64. The summed E-state index contributed by atoms with van der Waals surface area (Å²) in [6.07, 6.45) is 3.08. The maximum Gasteiger partial charge on any atom is 0.173 e. The fraction of sp³-hybridized carbons (Fsp3) is 0.500. The van der Waals surface area contributed by atoms with E-state index in [1.165, 1.54) is 6.20 Å². The molecule has 0 aliphatic carbocycles. The number of hydrogen-bond acceptors (Lipinski definition) is 3. The van der Waals surface area contributed by atoms with Crippen LogP contribution in [0.2, 0.25) is 0 Å². The van der Waals surface area contributed by atoms with Crippen LogP contribution in [-0.2, 0) is 11.8 Å². The molecule has 0 radical (unpaired) electrons. The zero-order chi connectivity index (χ0) is 10.7. The highest BCUT2D eigenvalue weighted by atomic mass is 16.1. The molecule has 0 saturated heterocycles. The van der Waals surface area contributed by atoms with Crippen molar-refractivity contribution in [2.45, 2.75) is 20.3 Å². The van der Waals surface area contributed by atoms with Crippen LogP contribution in [0, 0.1) is 5.92 Å². The Morgan fingerprint density at radius 3 is 2.57 bits per heavy atom. The van der Waals surface area contributed by atoms with Crippen molar-refractivity contribution in [3.63, 3.8) is 0 Å². The molecule has 0 fully saturated rings. The van der Waals surface area contributed by atoms with Gasteiger partial charge < -0.3 is 0 Å². The Hall–Kier alpha value is -1.45. The molecule has 1 aromatic heterocycles. The van der Waals surface area contributed by atoms with Crippen LogP contribution in [0.3, 0.4) is 0 Å². The van der Waals surface area contributed by atoms with E-state index in [4.69, 9.17) is 0 Å². The predicted octanol–water partition coefficient (Wildman–Crippen LogP) is 1.22. The van der Waals surface area contributed by atoms with E-state index < -0.39 is 0 Å². The van der Waals surface area contributed by atoms with E-state index in [0.29, 0.717) is 5.56 Å². The highest BCUT2D eigenvalue weighted by molar-refractivity contribution is 6.08. The van der Waals surface area contributed by atoms with Crippen molar-refractivity contribution in [2.75, 3.05) is 0 Å². The molecular weight excluding hydrogens is 180 g/mol. The van der Waals surface area contributed by atoms with Gasteiger partial charge in [0.15, 0.2) is 5.78 Å². The number of aromatic nitrogens is 2. The molecule has 0 aromatic carbocycles. The SMILES string of the molecule is CC(C)C(=O)CC(=O)c1cnn(C)c1. The number of rotatable bonds is 4. The zero-order valence-corrected chi connectivity index (χ0v) is 8.65. The molecule has 0 aliphatic rings. The molecule has 4 heteroatoms. The lowest BCUT2D eigenvalue weighted by atomic mass is 10.0. The summed E-state index contributed by atoms with van der Waals surface area (Å²) in [4.78, 5) is 22.8. The largest absolute Gasteiger partial charge is 0.299 e. The number of Topliss-reactive ketones (excluding diaryl/α,β-unsaturated/α-hetero) is 2. The van der Waals surface area contributed by atoms with Gasteiger partial charge in [0.25, 0.3) is 0 Å². The number of carbonyl (C=O) groups is 2. The zero-order valence-electron chi connectivity index (χ0n) is 8.65. The molecule has 0 unspecified atom stereocenters. The quantitative estimate of drug-likeness (QED) is 0.535. The molecule has 0 spiro atoms. The van der Waals surface area contributed by atoms with Gasteiger partial charge in [-0.2, -0.15) is 5.10 Å². The van der Waals surface area contributed by atoms with Gasteiger partial charge in [0.2, 0.25) is 0 Å². The molecule has 14 heavy (non-hydrogen) atoms. The van der Waals surface area contributed by atoms with Crippen LogP contribution in [0.25, 0.3) is 0 Å². The van der Waals surface area contributed by atoms with Crippen molar-refractivity contribution in [3.8, 4) is 0 Å². The normalized spacial score (nSPS) is 10.6. The van der Waals surface area contributed by atoms with Gasteiger partial charge in [-0.05, 0) is 0 Å². The lowest BCUT2D eigenvalue weighted by Gasteiger charge is -2.00. The molecule has 1 heterocycles. The average Bonchev–Trinajstić information content (AvgIpc) is 2.51. The molecule has 76 valence electrons. The number of hydrogen-bond donors (Lipinski definition) is 0. The molecule has 1 rings (SSSR count). The van der Waals surface area contributed by atoms with Crippen LogP contribution in [-0.4, -0.2) is 21.3 Å². The minimum Gasteiger partial charge on any atom is -0.299 e. The Bertz CT molecular complexity index is 353. The number of nitrogens with zero attached hydrogens (tertiary/aromatic N) is 2. The molecule has 1 aromatic rings. The third-order valence-corrected chi connectivity index (χ3v) is 2.01. The van der Waals surface area contributed by atoms with E-state index in [1.54, 1.807) is 31.8 Å². The van der Waals surface area contributed by atoms with Crippen molar-refractivity contribution in [1.82, 2.24) is 9.78 Å². The van der Waals surface area contributed by atoms with Gasteiger partial charge in [-0.1, -0.05) is 13.8 Å². The second kappa shape index (κ2) is 4.17. The van der Waals surface area contributed by atoms with Gasteiger partial charge in [-0.15, -0.1) is 0 Å². The number of carbonyl (C=O) groups excluding carboxylic acids is 2. The van der Waals surface area contributed by atoms with Gasteiger partial charge in [0, 0.05) is 19.2 Å². The lowest BCUT2D eigenvalue weighted by Crippen LogP contribution is -2.12. The molecule has 0 N–H and O–H groups in total.